The molecule has 0 saturated carbocycles. The van der Waals surface area contributed by atoms with Gasteiger partial charge in [0.25, 0.3) is 0 Å². The summed E-state index contributed by atoms with van der Waals surface area (Å²) >= 11 is 0. The van der Waals surface area contributed by atoms with Crippen molar-refractivity contribution in [2.45, 2.75) is 72.1 Å². The Morgan fingerprint density at radius 1 is 0.656 bits per heavy atom. The third-order valence-corrected chi connectivity index (χ3v) is 12.9. The van der Waals surface area contributed by atoms with Gasteiger partial charge in [0, 0.05) is 32.6 Å². The van der Waals surface area contributed by atoms with Crippen molar-refractivity contribution in [3.05, 3.63) is 64.0 Å². The molecule has 0 amide bonds. The molecule has 3 rings (SSSR count). The molecule has 1 nitrogen and oxygen atoms in total. The Bertz CT molecular complexity index is 737. The average molecular weight is 604 g/mol. The summed E-state index contributed by atoms with van der Waals surface area (Å²) in [5.41, 5.74) is 8.59. The van der Waals surface area contributed by atoms with Crippen molar-refractivity contribution in [2.24, 2.45) is 0 Å². The molecule has 0 spiro atoms. The van der Waals surface area contributed by atoms with Crippen molar-refractivity contribution < 1.29 is 36.3 Å². The van der Waals surface area contributed by atoms with Gasteiger partial charge >= 0.3 is 19.5 Å². The quantitative estimate of drug-likeness (QED) is 0.145. The Kier molecular flexibility index (Phi) is 15.1. The van der Waals surface area contributed by atoms with Gasteiger partial charge in [-0.3, -0.25) is 0 Å². The van der Waals surface area contributed by atoms with E-state index in [9.17, 15) is 0 Å². The molecule has 181 valence electrons. The molecule has 0 aliphatic carbocycles. The van der Waals surface area contributed by atoms with E-state index in [0.717, 1.165) is 6.42 Å². The summed E-state index contributed by atoms with van der Waals surface area (Å²) in [4.78, 5) is 0. The minimum atomic E-state index is -0.306. The standard InChI is InChI=1S/C27H40NP2.Co.Ru.H/c1-5-15-29(16-6-2)20-24-13-9-11-22-19-23-12-10-14-25(27(23)28-26(22)24)21-30(17-7-3)18-8-4;;;/h9-14H,5-8,15-21H2,1-4H3;;;/q-1;;+1;/p+2. The molecule has 0 unspecified atom stereocenters. The van der Waals surface area contributed by atoms with E-state index in [1.165, 1.54) is 96.3 Å². The Morgan fingerprint density at radius 3 is 1.38 bits per heavy atom. The first-order valence-corrected chi connectivity index (χ1v) is 16.5. The molecular weight excluding hydrogens is 560 g/mol. The summed E-state index contributed by atoms with van der Waals surface area (Å²) in [6, 6.07) is 13.9. The van der Waals surface area contributed by atoms with Gasteiger partial charge in [0.05, 0.1) is 37.0 Å². The molecular formula is C27H43CoNP2Ru+2. The maximum absolute atomic E-state index is 5.39. The fourth-order valence-corrected chi connectivity index (χ4v) is 10.7. The van der Waals surface area contributed by atoms with Crippen molar-refractivity contribution in [1.29, 1.82) is 0 Å². The number of benzene rings is 2. The predicted molar refractivity (Wildman–Crippen MR) is 144 cm³/mol. The fraction of sp³-hybridized carbons (Fsp3) is 0.556. The van der Waals surface area contributed by atoms with Crippen LogP contribution in [-0.4, -0.2) is 24.6 Å². The monoisotopic (exact) mass is 604 g/mol. The van der Waals surface area contributed by atoms with Crippen molar-refractivity contribution in [2.75, 3.05) is 24.6 Å². The van der Waals surface area contributed by atoms with Crippen LogP contribution in [-0.2, 0) is 55.0 Å². The average Bonchev–Trinajstić information content (AvgIpc) is 2.74. The van der Waals surface area contributed by atoms with Crippen LogP contribution >= 0.6 is 15.8 Å². The van der Waals surface area contributed by atoms with Crippen LogP contribution in [0.4, 0.5) is 11.4 Å². The van der Waals surface area contributed by atoms with Crippen LogP contribution in [0.1, 0.15) is 75.6 Å². The van der Waals surface area contributed by atoms with Gasteiger partial charge in [0.15, 0.2) is 0 Å². The molecule has 2 aromatic carbocycles. The van der Waals surface area contributed by atoms with Crippen molar-refractivity contribution in [3.8, 4) is 0 Å². The van der Waals surface area contributed by atoms with E-state index in [-0.39, 0.29) is 52.1 Å². The second-order valence-corrected chi connectivity index (χ2v) is 14.7. The summed E-state index contributed by atoms with van der Waals surface area (Å²) in [5, 5.41) is 5.39. The molecule has 0 fully saturated rings. The second-order valence-electron chi connectivity index (χ2n) is 8.99. The van der Waals surface area contributed by atoms with E-state index < -0.39 is 0 Å². The van der Waals surface area contributed by atoms with Crippen molar-refractivity contribution in [3.63, 3.8) is 0 Å². The Labute approximate surface area is 223 Å². The Hall–Kier alpha value is 0.230. The van der Waals surface area contributed by atoms with Gasteiger partial charge in [-0.15, -0.1) is 11.4 Å². The number of hydrogen-bond donors (Lipinski definition) is 0. The summed E-state index contributed by atoms with van der Waals surface area (Å²) < 4.78 is 0. The summed E-state index contributed by atoms with van der Waals surface area (Å²) in [5.74, 6) is 0. The molecule has 1 heterocycles. The minimum absolute atomic E-state index is 0. The molecule has 2 radical (unpaired) electrons. The van der Waals surface area contributed by atoms with Crippen LogP contribution in [0.3, 0.4) is 0 Å². The third-order valence-electron chi connectivity index (χ3n) is 6.31. The zero-order chi connectivity index (χ0) is 21.3. The van der Waals surface area contributed by atoms with Crippen LogP contribution in [0, 0.1) is 0 Å². The number of nitrogens with zero attached hydrogens (tertiary/aromatic N) is 1. The van der Waals surface area contributed by atoms with Crippen LogP contribution in [0.2, 0.25) is 0 Å². The van der Waals surface area contributed by atoms with Crippen molar-refractivity contribution in [1.82, 2.24) is 0 Å². The zero-order valence-electron chi connectivity index (χ0n) is 20.4. The molecule has 1 aliphatic heterocycles. The van der Waals surface area contributed by atoms with Crippen LogP contribution in [0.15, 0.2) is 36.4 Å². The van der Waals surface area contributed by atoms with E-state index >= 15 is 0 Å². The SMILES string of the molecule is CCC[PH+](CCC)Cc1cccc2c1[N-]c1c(cccc1C[PH+](CCC)CCC)C2.[Co].[RuH+]. The fourth-order valence-electron chi connectivity index (χ4n) is 5.02. The van der Waals surface area contributed by atoms with Gasteiger partial charge in [0.2, 0.25) is 0 Å². The second kappa shape index (κ2) is 16.0. The van der Waals surface area contributed by atoms with Gasteiger partial charge in [-0.05, 0) is 43.2 Å². The topological polar surface area (TPSA) is 14.1 Å². The van der Waals surface area contributed by atoms with Crippen molar-refractivity contribution >= 4 is 27.2 Å². The number of fused-ring (bicyclic) bond motifs is 2. The molecule has 5 heteroatoms. The summed E-state index contributed by atoms with van der Waals surface area (Å²) in [7, 11) is -0.612. The zero-order valence-corrected chi connectivity index (χ0v) is 25.3. The molecule has 0 saturated heterocycles. The van der Waals surface area contributed by atoms with Gasteiger partial charge in [-0.1, -0.05) is 75.2 Å². The molecule has 0 atom stereocenters. The predicted octanol–water partition coefficient (Wildman–Crippen LogP) is 8.72. The first kappa shape index (κ1) is 30.3. The van der Waals surface area contributed by atoms with E-state index in [2.05, 4.69) is 64.1 Å². The third kappa shape index (κ3) is 8.17. The molecule has 0 bridgehead atoms. The van der Waals surface area contributed by atoms with Crippen LogP contribution < -0.4 is 0 Å². The molecule has 0 N–H and O–H groups in total. The van der Waals surface area contributed by atoms with E-state index in [4.69, 9.17) is 5.32 Å². The first-order chi connectivity index (χ1) is 14.7. The molecule has 32 heavy (non-hydrogen) atoms. The Balaban J connectivity index is 0.00000256. The number of rotatable bonds is 12. The van der Waals surface area contributed by atoms with Crippen LogP contribution in [0.25, 0.3) is 5.32 Å². The van der Waals surface area contributed by atoms with Gasteiger partial charge in [0.1, 0.15) is 0 Å². The van der Waals surface area contributed by atoms with E-state index in [1.54, 1.807) is 0 Å². The first-order valence-electron chi connectivity index (χ1n) is 12.3. The number of hydrogen-bond acceptors (Lipinski definition) is 0. The number of para-hydroxylation sites is 2. The maximum atomic E-state index is 5.39. The van der Waals surface area contributed by atoms with Crippen LogP contribution in [0.5, 0.6) is 0 Å². The molecule has 0 aromatic heterocycles. The van der Waals surface area contributed by atoms with E-state index in [1.807, 2.05) is 0 Å². The molecule has 1 aliphatic rings. The van der Waals surface area contributed by atoms with Gasteiger partial charge < -0.3 is 5.32 Å². The Morgan fingerprint density at radius 2 is 1.03 bits per heavy atom. The molecule has 2 aromatic rings. The normalized spacial score (nSPS) is 11.9. The summed E-state index contributed by atoms with van der Waals surface area (Å²) in [6.45, 7) is 9.39. The summed E-state index contributed by atoms with van der Waals surface area (Å²) in [6.07, 6.45) is 14.7. The van der Waals surface area contributed by atoms with Gasteiger partial charge in [-0.25, -0.2) is 0 Å². The van der Waals surface area contributed by atoms with E-state index in [0.29, 0.717) is 0 Å². The van der Waals surface area contributed by atoms with Gasteiger partial charge in [-0.2, -0.15) is 0 Å².